The number of ether oxygens (including phenoxy) is 1. The van der Waals surface area contributed by atoms with Gasteiger partial charge in [-0.15, -0.1) is 29.7 Å². The van der Waals surface area contributed by atoms with Gasteiger partial charge >= 0.3 is 0 Å². The van der Waals surface area contributed by atoms with E-state index in [-0.39, 0.29) is 21.1 Å². The standard InChI is InChI=1S/C60H36N6O.Pt/c1-2-17-40(18-3-1)64-50-25-8-7-24-47(50)49-38-61-60(37-59(49)64)66-53-28-11-6-23-46(53)48-34-33-43(36-58(48)66)67-42-20-16-19-41(35-42)62-39-63(55-30-13-12-29-54(55)62)56-31-14-15-32-57(56)65-51-26-9-4-21-44(51)45-22-5-10-27-52(45)65;/h1-34,37-38H;/q-2;. The van der Waals surface area contributed by atoms with Crippen LogP contribution in [-0.2, 0) is 21.1 Å². The summed E-state index contributed by atoms with van der Waals surface area (Å²) in [5.74, 6) is 1.93. The Balaban J connectivity index is 0.00000457. The van der Waals surface area contributed by atoms with Crippen molar-refractivity contribution in [2.24, 2.45) is 0 Å². The second kappa shape index (κ2) is 15.8. The summed E-state index contributed by atoms with van der Waals surface area (Å²) in [7, 11) is 0. The number of imidazole rings is 1. The van der Waals surface area contributed by atoms with Gasteiger partial charge in [0.2, 0.25) is 0 Å². The molecule has 0 bridgehead atoms. The molecule has 0 N–H and O–H groups in total. The Morgan fingerprint density at radius 3 is 1.74 bits per heavy atom. The zero-order valence-corrected chi connectivity index (χ0v) is 38.5. The molecule has 14 rings (SSSR count). The molecule has 0 aliphatic carbocycles. The van der Waals surface area contributed by atoms with E-state index in [1.165, 1.54) is 10.8 Å². The first-order valence-corrected chi connectivity index (χ1v) is 22.4. The average molecular weight is 1050 g/mol. The summed E-state index contributed by atoms with van der Waals surface area (Å²) < 4.78 is 17.8. The van der Waals surface area contributed by atoms with Crippen molar-refractivity contribution >= 4 is 76.5 Å². The summed E-state index contributed by atoms with van der Waals surface area (Å²) >= 11 is 0. The van der Waals surface area contributed by atoms with Gasteiger partial charge in [-0.3, -0.25) is 4.57 Å². The fraction of sp³-hybridized carbons (Fsp3) is 0. The molecule has 0 unspecified atom stereocenters. The van der Waals surface area contributed by atoms with Crippen LogP contribution in [0.2, 0.25) is 0 Å². The summed E-state index contributed by atoms with van der Waals surface area (Å²) in [6.07, 6.45) is 5.73. The van der Waals surface area contributed by atoms with Crippen molar-refractivity contribution < 1.29 is 30.4 Å². The van der Waals surface area contributed by atoms with Crippen LogP contribution >= 0.6 is 0 Å². The number of nitrogens with zero attached hydrogens (tertiary/aromatic N) is 6. The van der Waals surface area contributed by atoms with Crippen LogP contribution in [-0.4, -0.2) is 23.3 Å². The Morgan fingerprint density at radius 2 is 1.00 bits per heavy atom. The summed E-state index contributed by atoms with van der Waals surface area (Å²) in [4.78, 5) is 5.13. The van der Waals surface area contributed by atoms with Gasteiger partial charge in [0, 0.05) is 77.6 Å². The Hall–Kier alpha value is -8.51. The van der Waals surface area contributed by atoms with Crippen LogP contribution < -0.4 is 9.30 Å². The van der Waals surface area contributed by atoms with Crippen LogP contribution in [0.4, 0.5) is 0 Å². The van der Waals surface area contributed by atoms with Crippen molar-refractivity contribution in [1.29, 1.82) is 0 Å². The van der Waals surface area contributed by atoms with E-state index in [0.717, 1.165) is 94.2 Å². The van der Waals surface area contributed by atoms with Gasteiger partial charge in [-0.05, 0) is 59.6 Å². The van der Waals surface area contributed by atoms with E-state index in [2.05, 4.69) is 229 Å². The van der Waals surface area contributed by atoms with Crippen LogP contribution in [0, 0.1) is 18.5 Å². The van der Waals surface area contributed by atoms with Crippen molar-refractivity contribution in [2.75, 3.05) is 0 Å². The monoisotopic (exact) mass is 1050 g/mol. The van der Waals surface area contributed by atoms with Gasteiger partial charge in [-0.2, -0.15) is 18.2 Å². The molecule has 14 aromatic rings. The maximum atomic E-state index is 6.69. The molecule has 5 aromatic heterocycles. The number of pyridine rings is 1. The zero-order chi connectivity index (χ0) is 44.0. The molecule has 0 atom stereocenters. The van der Waals surface area contributed by atoms with Gasteiger partial charge < -0.3 is 23.0 Å². The molecule has 5 heterocycles. The van der Waals surface area contributed by atoms with Crippen molar-refractivity contribution in [3.63, 3.8) is 0 Å². The Kier molecular flexibility index (Phi) is 9.27. The first-order valence-electron chi connectivity index (χ1n) is 22.4. The Bertz CT molecular complexity index is 4220. The van der Waals surface area contributed by atoms with Crippen molar-refractivity contribution in [3.05, 3.63) is 237 Å². The number of rotatable bonds is 7. The molecule has 0 aliphatic heterocycles. The number of para-hydroxylation sites is 9. The first-order chi connectivity index (χ1) is 33.2. The number of benzene rings is 9. The van der Waals surface area contributed by atoms with Crippen LogP contribution in [0.5, 0.6) is 11.5 Å². The van der Waals surface area contributed by atoms with Crippen LogP contribution in [0.1, 0.15) is 0 Å². The first kappa shape index (κ1) is 39.8. The van der Waals surface area contributed by atoms with Crippen LogP contribution in [0.15, 0.2) is 219 Å². The van der Waals surface area contributed by atoms with E-state index in [0.29, 0.717) is 11.5 Å². The Morgan fingerprint density at radius 1 is 0.426 bits per heavy atom. The van der Waals surface area contributed by atoms with Crippen molar-refractivity contribution in [1.82, 2.24) is 23.3 Å². The topological polar surface area (TPSA) is 45.7 Å². The fourth-order valence-electron chi connectivity index (χ4n) is 10.2. The molecule has 0 radical (unpaired) electrons. The summed E-state index contributed by atoms with van der Waals surface area (Å²) in [6, 6.07) is 81.2. The van der Waals surface area contributed by atoms with Gasteiger partial charge in [-0.25, -0.2) is 4.98 Å². The van der Waals surface area contributed by atoms with Crippen LogP contribution in [0.3, 0.4) is 0 Å². The molecule has 0 fully saturated rings. The molecule has 9 aromatic carbocycles. The summed E-state index contributed by atoms with van der Waals surface area (Å²) in [6.45, 7) is 0. The van der Waals surface area contributed by atoms with Gasteiger partial charge in [0.15, 0.2) is 0 Å². The molecule has 0 amide bonds. The quantitative estimate of drug-likeness (QED) is 0.118. The third-order valence-corrected chi connectivity index (χ3v) is 13.1. The fourth-order valence-corrected chi connectivity index (χ4v) is 10.2. The van der Waals surface area contributed by atoms with E-state index >= 15 is 0 Å². The van der Waals surface area contributed by atoms with E-state index in [1.807, 2.05) is 30.5 Å². The molecule has 68 heavy (non-hydrogen) atoms. The maximum Gasteiger partial charge on any atom is 0.268 e. The van der Waals surface area contributed by atoms with E-state index in [1.54, 1.807) is 0 Å². The van der Waals surface area contributed by atoms with E-state index in [9.17, 15) is 0 Å². The smallest absolute Gasteiger partial charge is 0.268 e. The summed E-state index contributed by atoms with van der Waals surface area (Å²) in [5, 5.41) is 6.86. The molecule has 324 valence electrons. The maximum absolute atomic E-state index is 6.69. The third kappa shape index (κ3) is 6.09. The predicted molar refractivity (Wildman–Crippen MR) is 269 cm³/mol. The molecule has 7 nitrogen and oxygen atoms in total. The molecule has 8 heteroatoms. The van der Waals surface area contributed by atoms with Crippen LogP contribution in [0.25, 0.3) is 105 Å². The van der Waals surface area contributed by atoms with Crippen molar-refractivity contribution in [3.8, 4) is 40.1 Å². The van der Waals surface area contributed by atoms with E-state index < -0.39 is 0 Å². The molecular weight excluding hydrogens is 1020 g/mol. The largest absolute Gasteiger partial charge is 0.510 e. The number of hydrogen-bond acceptors (Lipinski definition) is 2. The van der Waals surface area contributed by atoms with Gasteiger partial charge in [0.1, 0.15) is 5.82 Å². The van der Waals surface area contributed by atoms with Gasteiger partial charge in [-0.1, -0.05) is 133 Å². The molecular formula is C60H36N6OPt-2. The average Bonchev–Trinajstić information content (AvgIpc) is 4.13. The van der Waals surface area contributed by atoms with Gasteiger partial charge in [0.25, 0.3) is 6.33 Å². The second-order valence-corrected chi connectivity index (χ2v) is 16.8. The minimum atomic E-state index is 0. The minimum Gasteiger partial charge on any atom is -0.510 e. The normalized spacial score (nSPS) is 11.7. The van der Waals surface area contributed by atoms with E-state index in [4.69, 9.17) is 9.72 Å². The zero-order valence-electron chi connectivity index (χ0n) is 36.2. The molecule has 0 saturated carbocycles. The Labute approximate surface area is 404 Å². The predicted octanol–water partition coefficient (Wildman–Crippen LogP) is 13.8. The SMILES string of the molecule is [Pt].[c-]1c(Oc2[c-]c3c(cc2)c2ccccc2n3-c2cc3c(cn2)c2ccccc2n3-c2ccccc2)cccc1-n1[c-][n+](-c2ccccc2-n2c3ccccc3c3ccccc32)c2ccccc21. The number of fused-ring (bicyclic) bond motifs is 10. The van der Waals surface area contributed by atoms with Crippen molar-refractivity contribution in [2.45, 2.75) is 0 Å². The molecule has 0 spiro atoms. The molecule has 0 saturated heterocycles. The molecule has 0 aliphatic rings. The number of aromatic nitrogens is 6. The number of hydrogen-bond donors (Lipinski definition) is 0. The summed E-state index contributed by atoms with van der Waals surface area (Å²) in [5.41, 5.74) is 12.4. The minimum absolute atomic E-state index is 0. The van der Waals surface area contributed by atoms with Gasteiger partial charge in [0.05, 0.1) is 44.5 Å². The second-order valence-electron chi connectivity index (χ2n) is 16.8. The third-order valence-electron chi connectivity index (χ3n) is 13.1.